The number of aliphatic hydroxyl groups is 1. The van der Waals surface area contributed by atoms with Crippen LogP contribution in [0.25, 0.3) is 10.9 Å². The van der Waals surface area contributed by atoms with E-state index < -0.39 is 151 Å². The largest absolute Gasteiger partial charge is 0.508 e. The van der Waals surface area contributed by atoms with Crippen LogP contribution in [0.1, 0.15) is 110 Å². The van der Waals surface area contributed by atoms with Gasteiger partial charge < -0.3 is 96.0 Å². The number of nitrogens with zero attached hydrogens (tertiary/aromatic N) is 1. The second kappa shape index (κ2) is 36.2. The van der Waals surface area contributed by atoms with E-state index in [0.717, 1.165) is 17.8 Å². The standard InChI is InChI=1S/C57H86N14O16/c1-6-30(4)46(54(84)69-41(24-29(2)3)51(81)66-40(56(86)87)14-9-10-22-58)70-55(85)47(31(5)72)71-50(80)38(15-11-23-62-57(60)61)64-49(79)39(20-21-44(74)75)65-53(83)43(27-45(76)77)68-52(82)42(25-32-16-18-34(73)19-17-32)67-48(78)36(59)26-33-28-63-37-13-8-7-12-35(33)37/h7-8,12-13,16-19,28-31,36,38-43,46-47,63,72-73H,6,9-11,14-15,20-27,58-59H2,1-5H3,(H,64,79)(H,65,83)(H,66,81)(H,67,78)(H,68,82)(H,69,84)(H,70,85)(H,71,80)(H,74,75)(H,76,77)(H,86,87)(H4,60,61,62)/t30-,31+,36-,38-,39-,40-,41-,42-,43-,46-,47-/m0/s1. The number of nitrogens with two attached hydrogens (primary N) is 4. The van der Waals surface area contributed by atoms with Crippen molar-refractivity contribution in [1.29, 1.82) is 0 Å². The number of guanidine groups is 1. The molecule has 2 aromatic carbocycles. The van der Waals surface area contributed by atoms with Crippen molar-refractivity contribution in [3.8, 4) is 5.75 Å². The van der Waals surface area contributed by atoms with E-state index in [9.17, 15) is 78.3 Å². The van der Waals surface area contributed by atoms with Gasteiger partial charge >= 0.3 is 17.9 Å². The highest BCUT2D eigenvalue weighted by Crippen LogP contribution is 2.20. The van der Waals surface area contributed by atoms with Crippen molar-refractivity contribution in [1.82, 2.24) is 47.5 Å². The number of aromatic hydroxyl groups is 1. The number of benzene rings is 2. The van der Waals surface area contributed by atoms with Gasteiger partial charge in [-0.1, -0.05) is 64.4 Å². The third-order valence-electron chi connectivity index (χ3n) is 14.1. The normalized spacial score (nSPS) is 15.0. The first-order valence-electron chi connectivity index (χ1n) is 28.7. The summed E-state index contributed by atoms with van der Waals surface area (Å²) in [5, 5.41) is 70.6. The van der Waals surface area contributed by atoms with Crippen molar-refractivity contribution in [2.75, 3.05) is 13.1 Å². The average molecular weight is 1220 g/mol. The van der Waals surface area contributed by atoms with Crippen LogP contribution >= 0.6 is 0 Å². The van der Waals surface area contributed by atoms with E-state index in [0.29, 0.717) is 30.5 Å². The maximum Gasteiger partial charge on any atom is 0.326 e. The van der Waals surface area contributed by atoms with Gasteiger partial charge in [-0.3, -0.25) is 52.9 Å². The highest BCUT2D eigenvalue weighted by atomic mass is 16.4. The van der Waals surface area contributed by atoms with Gasteiger partial charge in [-0.2, -0.15) is 0 Å². The SMILES string of the molecule is CC[C@H](C)[C@H](NC(=O)[C@@H](NC(=O)[C@H](CCCN=C(N)N)NC(=O)[C@H](CCC(=O)O)NC(=O)[C@H](CC(=O)O)NC(=O)[C@H](Cc1ccc(O)cc1)NC(=O)[C@@H](N)Cc1c[nH]c2ccccc12)[C@@H](C)O)C(=O)N[C@@H](CC(C)C)C(=O)N[C@@H](CCCCN)C(=O)O. The number of carbonyl (C=O) groups is 11. The summed E-state index contributed by atoms with van der Waals surface area (Å²) in [6, 6.07) is -1.34. The number of aromatic nitrogens is 1. The van der Waals surface area contributed by atoms with Gasteiger partial charge in [0.2, 0.25) is 47.3 Å². The number of H-pyrrole nitrogens is 1. The Bertz CT molecular complexity index is 2860. The van der Waals surface area contributed by atoms with Gasteiger partial charge in [-0.25, -0.2) is 4.79 Å². The van der Waals surface area contributed by atoms with Crippen LogP contribution in [0.3, 0.4) is 0 Å². The number of hydrogen-bond acceptors (Lipinski definition) is 16. The Labute approximate surface area is 502 Å². The van der Waals surface area contributed by atoms with Crippen LogP contribution in [0.4, 0.5) is 0 Å². The molecular weight excluding hydrogens is 1140 g/mol. The quantitative estimate of drug-likeness (QED) is 0.0166. The van der Waals surface area contributed by atoms with Crippen LogP contribution in [0.2, 0.25) is 0 Å². The Morgan fingerprint density at radius 1 is 0.586 bits per heavy atom. The molecule has 3 rings (SSSR count). The van der Waals surface area contributed by atoms with Gasteiger partial charge in [0.15, 0.2) is 5.96 Å². The average Bonchev–Trinajstić information content (AvgIpc) is 2.48. The van der Waals surface area contributed by atoms with Crippen LogP contribution in [0.5, 0.6) is 5.75 Å². The summed E-state index contributed by atoms with van der Waals surface area (Å²) in [6.07, 6.45) is -1.89. The summed E-state index contributed by atoms with van der Waals surface area (Å²) < 4.78 is 0. The lowest BCUT2D eigenvalue weighted by molar-refractivity contribution is -0.143. The monoisotopic (exact) mass is 1220 g/mol. The number of para-hydroxylation sites is 1. The minimum Gasteiger partial charge on any atom is -0.508 e. The summed E-state index contributed by atoms with van der Waals surface area (Å²) >= 11 is 0. The van der Waals surface area contributed by atoms with Crippen molar-refractivity contribution >= 4 is 82.0 Å². The molecule has 0 saturated heterocycles. The second-order valence-electron chi connectivity index (χ2n) is 21.7. The maximum atomic E-state index is 14.3. The number of unbranched alkanes of at least 4 members (excludes halogenated alkanes) is 1. The first-order valence-corrected chi connectivity index (χ1v) is 28.7. The van der Waals surface area contributed by atoms with Gasteiger partial charge in [-0.15, -0.1) is 0 Å². The van der Waals surface area contributed by atoms with Gasteiger partial charge in [0, 0.05) is 36.5 Å². The molecule has 0 unspecified atom stereocenters. The summed E-state index contributed by atoms with van der Waals surface area (Å²) in [4.78, 5) is 155. The maximum absolute atomic E-state index is 14.3. The molecule has 0 aliphatic carbocycles. The molecule has 0 spiro atoms. The minimum atomic E-state index is -2.00. The number of aliphatic carboxylic acids is 3. The lowest BCUT2D eigenvalue weighted by Crippen LogP contribution is -2.62. The van der Waals surface area contributed by atoms with Crippen LogP contribution in [-0.4, -0.2) is 175 Å². The molecule has 11 atom stereocenters. The summed E-state index contributed by atoms with van der Waals surface area (Å²) in [5.41, 5.74) is 24.7. The first kappa shape index (κ1) is 72.4. The molecule has 3 aromatic rings. The number of aliphatic imine (C=N–C) groups is 1. The van der Waals surface area contributed by atoms with E-state index in [4.69, 9.17) is 22.9 Å². The smallest absolute Gasteiger partial charge is 0.326 e. The summed E-state index contributed by atoms with van der Waals surface area (Å²) in [6.45, 7) is 8.18. The minimum absolute atomic E-state index is 0.0161. The number of carboxylic acids is 3. The van der Waals surface area contributed by atoms with Crippen LogP contribution in [-0.2, 0) is 65.6 Å². The molecule has 0 fully saturated rings. The first-order chi connectivity index (χ1) is 41.0. The zero-order valence-corrected chi connectivity index (χ0v) is 49.5. The fourth-order valence-electron chi connectivity index (χ4n) is 9.09. The third-order valence-corrected chi connectivity index (χ3v) is 14.1. The molecule has 0 aliphatic heterocycles. The Kier molecular flexibility index (Phi) is 30.1. The zero-order chi connectivity index (χ0) is 65.1. The number of fused-ring (bicyclic) bond motifs is 1. The Hall–Kier alpha value is -8.90. The molecule has 480 valence electrons. The molecule has 0 saturated carbocycles. The van der Waals surface area contributed by atoms with Crippen molar-refractivity contribution < 1.29 is 78.3 Å². The Morgan fingerprint density at radius 2 is 1.11 bits per heavy atom. The number of aromatic amines is 1. The van der Waals surface area contributed by atoms with Gasteiger partial charge in [0.1, 0.15) is 54.1 Å². The van der Waals surface area contributed by atoms with E-state index in [1.165, 1.54) is 24.3 Å². The number of amides is 8. The predicted molar refractivity (Wildman–Crippen MR) is 317 cm³/mol. The van der Waals surface area contributed by atoms with Crippen molar-refractivity contribution in [3.63, 3.8) is 0 Å². The summed E-state index contributed by atoms with van der Waals surface area (Å²) in [7, 11) is 0. The molecule has 30 nitrogen and oxygen atoms in total. The van der Waals surface area contributed by atoms with E-state index >= 15 is 0 Å². The number of phenolic OH excluding ortho intramolecular Hbond substituents is 1. The number of carbonyl (C=O) groups excluding carboxylic acids is 8. The Morgan fingerprint density at radius 3 is 1.70 bits per heavy atom. The van der Waals surface area contributed by atoms with E-state index in [1.54, 1.807) is 40.0 Å². The van der Waals surface area contributed by atoms with Gasteiger partial charge in [-0.05, 0) is 106 Å². The van der Waals surface area contributed by atoms with Gasteiger partial charge in [0.25, 0.3) is 0 Å². The highest BCUT2D eigenvalue weighted by Gasteiger charge is 2.38. The molecule has 0 bridgehead atoms. The van der Waals surface area contributed by atoms with E-state index in [1.807, 2.05) is 18.2 Å². The van der Waals surface area contributed by atoms with E-state index in [2.05, 4.69) is 52.5 Å². The third kappa shape index (κ3) is 24.9. The molecular formula is C57H86N14O16. The van der Waals surface area contributed by atoms with Crippen molar-refractivity contribution in [2.45, 2.75) is 172 Å². The number of nitrogens with one attached hydrogen (secondary N) is 9. The highest BCUT2D eigenvalue weighted by molar-refractivity contribution is 5.99. The van der Waals surface area contributed by atoms with Crippen molar-refractivity contribution in [2.24, 2.45) is 39.8 Å². The fourth-order valence-corrected chi connectivity index (χ4v) is 9.09. The molecule has 22 N–H and O–H groups in total. The molecule has 0 aliphatic rings. The van der Waals surface area contributed by atoms with Crippen LogP contribution in [0.15, 0.2) is 59.7 Å². The van der Waals surface area contributed by atoms with Crippen LogP contribution in [0, 0.1) is 11.8 Å². The lowest BCUT2D eigenvalue weighted by Gasteiger charge is -2.30. The predicted octanol–water partition coefficient (Wildman–Crippen LogP) is -2.06. The molecule has 30 heteroatoms. The molecule has 0 radical (unpaired) electrons. The molecule has 1 heterocycles. The van der Waals surface area contributed by atoms with Gasteiger partial charge in [0.05, 0.1) is 18.6 Å². The second-order valence-corrected chi connectivity index (χ2v) is 21.7. The lowest BCUT2D eigenvalue weighted by atomic mass is 9.96. The zero-order valence-electron chi connectivity index (χ0n) is 49.5. The van der Waals surface area contributed by atoms with Crippen LogP contribution < -0.4 is 65.5 Å². The summed E-state index contributed by atoms with van der Waals surface area (Å²) in [5.74, 6) is -14.0. The fraction of sp³-hybridized carbons (Fsp3) is 0.544. The Balaban J connectivity index is 1.92. The number of aliphatic hydroxyl groups excluding tert-OH is 1. The number of hydrogen-bond donors (Lipinski definition) is 18. The topological polar surface area (TPSA) is 517 Å². The molecule has 8 amide bonds. The molecule has 87 heavy (non-hydrogen) atoms. The number of phenols is 1. The number of rotatable bonds is 39. The molecule has 1 aromatic heterocycles. The number of carboxylic acid groups (broad SMARTS) is 3. The van der Waals surface area contributed by atoms with Crippen molar-refractivity contribution in [3.05, 3.63) is 65.9 Å². The van der Waals surface area contributed by atoms with E-state index in [-0.39, 0.29) is 69.1 Å².